The van der Waals surface area contributed by atoms with Crippen molar-refractivity contribution in [2.24, 2.45) is 0 Å². The average Bonchev–Trinajstić information content (AvgIpc) is 3.61. The zero-order chi connectivity index (χ0) is 28.2. The Morgan fingerprint density at radius 2 is 1.73 bits per heavy atom. The predicted molar refractivity (Wildman–Crippen MR) is 152 cm³/mol. The van der Waals surface area contributed by atoms with Gasteiger partial charge < -0.3 is 4.84 Å². The lowest BCUT2D eigenvalue weighted by Crippen LogP contribution is -2.39. The first-order valence-electron chi connectivity index (χ1n) is 13.9. The highest BCUT2D eigenvalue weighted by Crippen LogP contribution is 2.31. The average molecular weight is 542 g/mol. The molecular formula is C30H35N7O3. The van der Waals surface area contributed by atoms with Crippen LogP contribution in [0.5, 0.6) is 0 Å². The molecule has 1 aliphatic rings. The van der Waals surface area contributed by atoms with Gasteiger partial charge in [-0.2, -0.15) is 5.21 Å². The van der Waals surface area contributed by atoms with Crippen molar-refractivity contribution >= 4 is 5.97 Å². The minimum atomic E-state index is -0.808. The second-order valence-corrected chi connectivity index (χ2v) is 9.92. The van der Waals surface area contributed by atoms with Gasteiger partial charge in [0.1, 0.15) is 0 Å². The number of benzene rings is 2. The van der Waals surface area contributed by atoms with Gasteiger partial charge in [0, 0.05) is 36.3 Å². The standard InChI is InChI=1S/C30H35N7O3/c1-5-10-26-25(29(38)37-27(18-13-20(4)36(26)37)30(39)40-35(6-2)7-3)19-21-14-16-22(17-15-21)23-11-8-9-12-24(23)28-31-33-34-32-28/h8-9,11-18,20,27H,5-7,10,19H2,1-4H3,(H,31,32,33,34). The maximum absolute atomic E-state index is 13.9. The molecule has 0 spiro atoms. The predicted octanol–water partition coefficient (Wildman–Crippen LogP) is 4.51. The molecule has 208 valence electrons. The molecular weight excluding hydrogens is 506 g/mol. The van der Waals surface area contributed by atoms with E-state index >= 15 is 0 Å². The third kappa shape index (κ3) is 5.14. The van der Waals surface area contributed by atoms with Crippen molar-refractivity contribution in [1.82, 2.24) is 35.1 Å². The Morgan fingerprint density at radius 3 is 2.38 bits per heavy atom. The van der Waals surface area contributed by atoms with Crippen LogP contribution in [0.1, 0.15) is 63.0 Å². The lowest BCUT2D eigenvalue weighted by molar-refractivity contribution is -0.192. The number of carbonyl (C=O) groups excluding carboxylic acids is 1. The van der Waals surface area contributed by atoms with Gasteiger partial charge in [0.25, 0.3) is 5.56 Å². The molecule has 2 atom stereocenters. The quantitative estimate of drug-likeness (QED) is 0.232. The minimum Gasteiger partial charge on any atom is -0.366 e. The molecule has 0 saturated carbocycles. The van der Waals surface area contributed by atoms with Gasteiger partial charge in [-0.3, -0.25) is 9.48 Å². The molecule has 2 unspecified atom stereocenters. The normalized spacial score (nSPS) is 16.3. The number of hydrogen-bond donors (Lipinski definition) is 1. The largest absolute Gasteiger partial charge is 0.366 e. The molecule has 0 amide bonds. The van der Waals surface area contributed by atoms with Crippen LogP contribution in [0.15, 0.2) is 65.5 Å². The highest BCUT2D eigenvalue weighted by Gasteiger charge is 2.33. The molecule has 3 heterocycles. The molecule has 1 aliphatic heterocycles. The number of rotatable bonds is 10. The van der Waals surface area contributed by atoms with Crippen LogP contribution in [-0.4, -0.2) is 54.1 Å². The number of aromatic nitrogens is 6. The maximum atomic E-state index is 13.9. The van der Waals surface area contributed by atoms with Gasteiger partial charge in [0.15, 0.2) is 6.04 Å². The van der Waals surface area contributed by atoms with Crippen molar-refractivity contribution in [1.29, 1.82) is 0 Å². The molecule has 2 aromatic heterocycles. The topological polar surface area (TPSA) is 111 Å². The number of tetrazole rings is 1. The number of aromatic amines is 1. The molecule has 0 aliphatic carbocycles. The maximum Gasteiger partial charge on any atom is 0.353 e. The van der Waals surface area contributed by atoms with Gasteiger partial charge in [-0.05, 0) is 49.1 Å². The van der Waals surface area contributed by atoms with E-state index in [0.29, 0.717) is 25.3 Å². The Bertz CT molecular complexity index is 1550. The first-order chi connectivity index (χ1) is 19.5. The Kier molecular flexibility index (Phi) is 8.06. The zero-order valence-corrected chi connectivity index (χ0v) is 23.4. The number of nitrogens with one attached hydrogen (secondary N) is 1. The third-order valence-electron chi connectivity index (χ3n) is 7.36. The first kappa shape index (κ1) is 27.3. The Morgan fingerprint density at radius 1 is 1.00 bits per heavy atom. The van der Waals surface area contributed by atoms with Crippen LogP contribution in [0.25, 0.3) is 22.5 Å². The van der Waals surface area contributed by atoms with Crippen LogP contribution >= 0.6 is 0 Å². The molecule has 0 fully saturated rings. The molecule has 0 saturated heterocycles. The van der Waals surface area contributed by atoms with E-state index in [2.05, 4.69) is 39.7 Å². The van der Waals surface area contributed by atoms with Crippen molar-refractivity contribution in [3.63, 3.8) is 0 Å². The highest BCUT2D eigenvalue weighted by atomic mass is 16.7. The van der Waals surface area contributed by atoms with Crippen molar-refractivity contribution < 1.29 is 9.63 Å². The zero-order valence-electron chi connectivity index (χ0n) is 23.4. The lowest BCUT2D eigenvalue weighted by atomic mass is 9.96. The molecule has 1 N–H and O–H groups in total. The van der Waals surface area contributed by atoms with Crippen LogP contribution < -0.4 is 5.56 Å². The van der Waals surface area contributed by atoms with Crippen molar-refractivity contribution in [2.45, 2.75) is 59.0 Å². The number of carbonyl (C=O) groups is 1. The van der Waals surface area contributed by atoms with Crippen LogP contribution in [0.3, 0.4) is 0 Å². The molecule has 5 rings (SSSR count). The molecule has 10 nitrogen and oxygen atoms in total. The van der Waals surface area contributed by atoms with Gasteiger partial charge in [0.2, 0.25) is 5.82 Å². The third-order valence-corrected chi connectivity index (χ3v) is 7.36. The van der Waals surface area contributed by atoms with E-state index in [4.69, 9.17) is 4.84 Å². The van der Waals surface area contributed by atoms with Crippen molar-refractivity contribution in [3.05, 3.63) is 87.9 Å². The Hall–Kier alpha value is -4.31. The number of nitrogens with zero attached hydrogens (tertiary/aromatic N) is 6. The fourth-order valence-electron chi connectivity index (χ4n) is 5.36. The molecule has 4 aromatic rings. The molecule has 10 heteroatoms. The second kappa shape index (κ2) is 11.8. The molecule has 40 heavy (non-hydrogen) atoms. The van der Waals surface area contributed by atoms with Gasteiger partial charge in [-0.15, -0.1) is 15.3 Å². The van der Waals surface area contributed by atoms with E-state index in [1.165, 1.54) is 0 Å². The summed E-state index contributed by atoms with van der Waals surface area (Å²) in [5, 5.41) is 16.1. The van der Waals surface area contributed by atoms with Crippen LogP contribution in [0.2, 0.25) is 0 Å². The van der Waals surface area contributed by atoms with E-state index in [1.54, 1.807) is 15.8 Å². The van der Waals surface area contributed by atoms with Gasteiger partial charge in [-0.1, -0.05) is 74.0 Å². The summed E-state index contributed by atoms with van der Waals surface area (Å²) in [4.78, 5) is 32.7. The summed E-state index contributed by atoms with van der Waals surface area (Å²) in [5.74, 6) is 0.0834. The number of allylic oxidation sites excluding steroid dienone is 1. The van der Waals surface area contributed by atoms with E-state index in [1.807, 2.05) is 67.9 Å². The van der Waals surface area contributed by atoms with Gasteiger partial charge >= 0.3 is 5.97 Å². The van der Waals surface area contributed by atoms with E-state index in [0.717, 1.165) is 46.4 Å². The second-order valence-electron chi connectivity index (χ2n) is 9.92. The van der Waals surface area contributed by atoms with E-state index < -0.39 is 12.0 Å². The summed E-state index contributed by atoms with van der Waals surface area (Å²) in [6.45, 7) is 9.15. The smallest absolute Gasteiger partial charge is 0.353 e. The van der Waals surface area contributed by atoms with Gasteiger partial charge in [0.05, 0.1) is 6.04 Å². The fourth-order valence-corrected chi connectivity index (χ4v) is 5.36. The summed E-state index contributed by atoms with van der Waals surface area (Å²) < 4.78 is 3.58. The number of H-pyrrole nitrogens is 1. The monoisotopic (exact) mass is 541 g/mol. The first-order valence-corrected chi connectivity index (χ1v) is 13.9. The Labute approximate surface area is 233 Å². The Balaban J connectivity index is 1.48. The fraction of sp³-hybridized carbons (Fsp3) is 0.367. The molecule has 2 aromatic carbocycles. The van der Waals surface area contributed by atoms with Crippen molar-refractivity contribution in [3.8, 4) is 22.5 Å². The highest BCUT2D eigenvalue weighted by molar-refractivity contribution is 5.80. The summed E-state index contributed by atoms with van der Waals surface area (Å²) in [6, 6.07) is 15.3. The summed E-state index contributed by atoms with van der Waals surface area (Å²) >= 11 is 0. The number of hydrogen-bond acceptors (Lipinski definition) is 7. The van der Waals surface area contributed by atoms with Gasteiger partial charge in [-0.25, -0.2) is 9.48 Å². The van der Waals surface area contributed by atoms with Crippen molar-refractivity contribution in [2.75, 3.05) is 13.1 Å². The van der Waals surface area contributed by atoms with Crippen LogP contribution in [-0.2, 0) is 22.5 Å². The van der Waals surface area contributed by atoms with E-state index in [-0.39, 0.29) is 11.6 Å². The summed E-state index contributed by atoms with van der Waals surface area (Å²) in [6.07, 6.45) is 5.86. The minimum absolute atomic E-state index is 0.0514. The SMILES string of the molecule is CCCc1c(Cc2ccc(-c3ccccc3-c3nn[nH]n3)cc2)c(=O)n2n1C(C)C=CC2C(=O)ON(CC)CC. The summed E-state index contributed by atoms with van der Waals surface area (Å²) in [5.41, 5.74) is 5.46. The lowest BCUT2D eigenvalue weighted by Gasteiger charge is -2.28. The number of hydroxylamine groups is 2. The van der Waals surface area contributed by atoms with E-state index in [9.17, 15) is 9.59 Å². The van der Waals surface area contributed by atoms with Crippen LogP contribution in [0, 0.1) is 0 Å². The molecule has 0 radical (unpaired) electrons. The summed E-state index contributed by atoms with van der Waals surface area (Å²) in [7, 11) is 0. The molecule has 0 bridgehead atoms. The van der Waals surface area contributed by atoms with Crippen LogP contribution in [0.4, 0.5) is 0 Å². The number of fused-ring (bicyclic) bond motifs is 1.